The summed E-state index contributed by atoms with van der Waals surface area (Å²) in [6.07, 6.45) is 5.08. The number of carbonyl (C=O) groups is 1. The van der Waals surface area contributed by atoms with Crippen LogP contribution >= 0.6 is 0 Å². The average molecular weight is 238 g/mol. The molecule has 2 aliphatic rings. The zero-order valence-electron chi connectivity index (χ0n) is 11.5. The van der Waals surface area contributed by atoms with Gasteiger partial charge in [0.2, 0.25) is 5.91 Å². The minimum atomic E-state index is 0.107. The minimum absolute atomic E-state index is 0.107. The lowest BCUT2D eigenvalue weighted by Gasteiger charge is -2.35. The highest BCUT2D eigenvalue weighted by atomic mass is 16.1. The number of hydrogen-bond acceptors (Lipinski definition) is 2. The summed E-state index contributed by atoms with van der Waals surface area (Å²) in [4.78, 5) is 14.5. The van der Waals surface area contributed by atoms with E-state index in [1.807, 2.05) is 0 Å². The number of amides is 1. The third kappa shape index (κ3) is 3.21. The maximum atomic E-state index is 12.0. The Morgan fingerprint density at radius 3 is 2.47 bits per heavy atom. The summed E-state index contributed by atoms with van der Waals surface area (Å²) in [6.45, 7) is 9.68. The first kappa shape index (κ1) is 12.9. The molecule has 2 fully saturated rings. The zero-order valence-corrected chi connectivity index (χ0v) is 11.5. The summed E-state index contributed by atoms with van der Waals surface area (Å²) in [6, 6.07) is 0. The number of rotatable bonds is 5. The Labute approximate surface area is 105 Å². The van der Waals surface area contributed by atoms with Crippen LogP contribution in [0.25, 0.3) is 0 Å². The van der Waals surface area contributed by atoms with Gasteiger partial charge >= 0.3 is 0 Å². The zero-order chi connectivity index (χ0) is 12.5. The van der Waals surface area contributed by atoms with Gasteiger partial charge in [-0.3, -0.25) is 9.69 Å². The Morgan fingerprint density at radius 2 is 1.94 bits per heavy atom. The molecule has 17 heavy (non-hydrogen) atoms. The molecule has 0 aromatic rings. The van der Waals surface area contributed by atoms with Crippen LogP contribution in [0.3, 0.4) is 0 Å². The smallest absolute Gasteiger partial charge is 0.223 e. The molecular formula is C14H26N2O. The van der Waals surface area contributed by atoms with Gasteiger partial charge in [0.05, 0.1) is 0 Å². The second-order valence-corrected chi connectivity index (χ2v) is 6.35. The van der Waals surface area contributed by atoms with E-state index >= 15 is 0 Å². The van der Waals surface area contributed by atoms with Crippen molar-refractivity contribution in [1.29, 1.82) is 0 Å². The van der Waals surface area contributed by atoms with Gasteiger partial charge in [0.1, 0.15) is 0 Å². The van der Waals surface area contributed by atoms with E-state index in [1.54, 1.807) is 0 Å². The largest absolute Gasteiger partial charge is 0.354 e. The molecule has 1 atom stereocenters. The Kier molecular flexibility index (Phi) is 3.76. The molecule has 0 spiro atoms. The van der Waals surface area contributed by atoms with Crippen LogP contribution in [0.5, 0.6) is 0 Å². The first-order valence-corrected chi connectivity index (χ1v) is 7.03. The minimum Gasteiger partial charge on any atom is -0.354 e. The summed E-state index contributed by atoms with van der Waals surface area (Å²) in [5, 5.41) is 3.14. The molecule has 0 aromatic carbocycles. The molecule has 1 saturated carbocycles. The molecule has 1 N–H and O–H groups in total. The number of nitrogens with zero attached hydrogens (tertiary/aromatic N) is 1. The molecule has 98 valence electrons. The highest BCUT2D eigenvalue weighted by Gasteiger charge is 2.34. The topological polar surface area (TPSA) is 32.3 Å². The van der Waals surface area contributed by atoms with Crippen molar-refractivity contribution in [2.45, 2.75) is 52.0 Å². The van der Waals surface area contributed by atoms with Gasteiger partial charge in [0.25, 0.3) is 0 Å². The van der Waals surface area contributed by atoms with Gasteiger partial charge in [0.15, 0.2) is 0 Å². The second-order valence-electron chi connectivity index (χ2n) is 6.35. The van der Waals surface area contributed by atoms with Crippen LogP contribution in [0.15, 0.2) is 0 Å². The third-order valence-corrected chi connectivity index (χ3v) is 4.40. The van der Waals surface area contributed by atoms with E-state index in [9.17, 15) is 4.79 Å². The van der Waals surface area contributed by atoms with E-state index in [0.29, 0.717) is 5.92 Å². The van der Waals surface area contributed by atoms with Crippen molar-refractivity contribution in [1.82, 2.24) is 10.2 Å². The molecule has 1 heterocycles. The van der Waals surface area contributed by atoms with Crippen molar-refractivity contribution in [3.8, 4) is 0 Å². The first-order valence-electron chi connectivity index (χ1n) is 7.03. The summed E-state index contributed by atoms with van der Waals surface area (Å²) in [5.74, 6) is 1.12. The number of nitrogens with one attached hydrogen (secondary N) is 1. The van der Waals surface area contributed by atoms with Crippen LogP contribution in [0.2, 0.25) is 0 Å². The van der Waals surface area contributed by atoms with E-state index in [1.165, 1.54) is 38.8 Å². The van der Waals surface area contributed by atoms with Crippen molar-refractivity contribution in [3.63, 3.8) is 0 Å². The Balaban J connectivity index is 1.77. The van der Waals surface area contributed by atoms with Crippen LogP contribution < -0.4 is 5.32 Å². The summed E-state index contributed by atoms with van der Waals surface area (Å²) < 4.78 is 0. The summed E-state index contributed by atoms with van der Waals surface area (Å²) >= 11 is 0. The maximum Gasteiger partial charge on any atom is 0.223 e. The number of likely N-dealkylation sites (tertiary alicyclic amines) is 1. The maximum absolute atomic E-state index is 12.0. The second kappa shape index (κ2) is 4.97. The summed E-state index contributed by atoms with van der Waals surface area (Å²) in [5.41, 5.74) is 0.107. The Bertz CT molecular complexity index is 278. The molecule has 1 amide bonds. The van der Waals surface area contributed by atoms with Gasteiger partial charge in [-0.15, -0.1) is 0 Å². The average Bonchev–Trinajstić information content (AvgIpc) is 2.99. The SMILES string of the molecule is CC(C(=O)NCC(C)(C)N1CCCC1)C1CC1. The predicted molar refractivity (Wildman–Crippen MR) is 69.8 cm³/mol. The highest BCUT2D eigenvalue weighted by Crippen LogP contribution is 2.36. The van der Waals surface area contributed by atoms with Crippen LogP contribution in [0.1, 0.15) is 46.5 Å². The van der Waals surface area contributed by atoms with Crippen LogP contribution in [0, 0.1) is 11.8 Å². The lowest BCUT2D eigenvalue weighted by atomic mass is 10.0. The molecular weight excluding hydrogens is 212 g/mol. The molecule has 1 saturated heterocycles. The highest BCUT2D eigenvalue weighted by molar-refractivity contribution is 5.78. The lowest BCUT2D eigenvalue weighted by Crippen LogP contribution is -2.51. The van der Waals surface area contributed by atoms with Gasteiger partial charge < -0.3 is 5.32 Å². The Hall–Kier alpha value is -0.570. The molecule has 0 aromatic heterocycles. The molecule has 3 nitrogen and oxygen atoms in total. The fraction of sp³-hybridized carbons (Fsp3) is 0.929. The van der Waals surface area contributed by atoms with Gasteiger partial charge in [-0.1, -0.05) is 6.92 Å². The standard InChI is InChI=1S/C14H26N2O/c1-11(12-6-7-12)13(17)15-10-14(2,3)16-8-4-5-9-16/h11-12H,4-10H2,1-3H3,(H,15,17). The van der Waals surface area contributed by atoms with Gasteiger partial charge in [0, 0.05) is 18.0 Å². The normalized spacial score (nSPS) is 23.7. The predicted octanol–water partition coefficient (Wildman–Crippen LogP) is 2.02. The molecule has 0 radical (unpaired) electrons. The van der Waals surface area contributed by atoms with Crippen molar-refractivity contribution in [2.24, 2.45) is 11.8 Å². The third-order valence-electron chi connectivity index (χ3n) is 4.40. The van der Waals surface area contributed by atoms with Crippen molar-refractivity contribution >= 4 is 5.91 Å². The number of carbonyl (C=O) groups excluding carboxylic acids is 1. The first-order chi connectivity index (χ1) is 8.00. The Morgan fingerprint density at radius 1 is 1.35 bits per heavy atom. The molecule has 1 unspecified atom stereocenters. The fourth-order valence-electron chi connectivity index (χ4n) is 2.71. The van der Waals surface area contributed by atoms with Crippen molar-refractivity contribution in [3.05, 3.63) is 0 Å². The molecule has 1 aliphatic carbocycles. The number of hydrogen-bond donors (Lipinski definition) is 1. The van der Waals surface area contributed by atoms with E-state index in [0.717, 1.165) is 6.54 Å². The van der Waals surface area contributed by atoms with Gasteiger partial charge in [-0.2, -0.15) is 0 Å². The van der Waals surface area contributed by atoms with E-state index in [2.05, 4.69) is 31.0 Å². The lowest BCUT2D eigenvalue weighted by molar-refractivity contribution is -0.125. The molecule has 2 rings (SSSR count). The molecule has 0 bridgehead atoms. The quantitative estimate of drug-likeness (QED) is 0.795. The van der Waals surface area contributed by atoms with Crippen LogP contribution in [0.4, 0.5) is 0 Å². The van der Waals surface area contributed by atoms with Crippen LogP contribution in [-0.4, -0.2) is 36.0 Å². The molecule has 1 aliphatic heterocycles. The van der Waals surface area contributed by atoms with Gasteiger partial charge in [-0.25, -0.2) is 0 Å². The van der Waals surface area contributed by atoms with E-state index in [4.69, 9.17) is 0 Å². The van der Waals surface area contributed by atoms with Crippen molar-refractivity contribution in [2.75, 3.05) is 19.6 Å². The summed E-state index contributed by atoms with van der Waals surface area (Å²) in [7, 11) is 0. The van der Waals surface area contributed by atoms with E-state index < -0.39 is 0 Å². The van der Waals surface area contributed by atoms with Gasteiger partial charge in [-0.05, 0) is 58.5 Å². The van der Waals surface area contributed by atoms with Crippen LogP contribution in [-0.2, 0) is 4.79 Å². The van der Waals surface area contributed by atoms with E-state index in [-0.39, 0.29) is 17.4 Å². The fourth-order valence-corrected chi connectivity index (χ4v) is 2.71. The molecule has 3 heteroatoms. The van der Waals surface area contributed by atoms with Crippen molar-refractivity contribution < 1.29 is 4.79 Å². The monoisotopic (exact) mass is 238 g/mol.